The number of carbonyl (C=O) groups is 1. The Morgan fingerprint density at radius 3 is 1.63 bits per heavy atom. The van der Waals surface area contributed by atoms with Crippen LogP contribution in [0.1, 0.15) is 34.3 Å². The molecule has 0 aliphatic carbocycles. The minimum absolute atomic E-state index is 0.0843. The summed E-state index contributed by atoms with van der Waals surface area (Å²) in [5.74, 6) is 1.44. The zero-order chi connectivity index (χ0) is 29.1. The normalized spacial score (nSPS) is 17.1. The summed E-state index contributed by atoms with van der Waals surface area (Å²) in [6.07, 6.45) is 0. The number of nitrogens with zero attached hydrogens (tertiary/aromatic N) is 2. The summed E-state index contributed by atoms with van der Waals surface area (Å²) in [5, 5.41) is 0.884. The van der Waals surface area contributed by atoms with Crippen LogP contribution in [0.3, 0.4) is 0 Å². The Balaban J connectivity index is 1.65. The van der Waals surface area contributed by atoms with E-state index >= 15 is 0 Å². The topological polar surface area (TPSA) is 99.5 Å². The van der Waals surface area contributed by atoms with Crippen molar-refractivity contribution in [3.63, 3.8) is 0 Å². The fourth-order valence-electron chi connectivity index (χ4n) is 5.29. The molecule has 0 bridgehead atoms. The van der Waals surface area contributed by atoms with Gasteiger partial charge in [0.15, 0.2) is 0 Å². The summed E-state index contributed by atoms with van der Waals surface area (Å²) in [4.78, 5) is 37.9. The standard InChI is InChI=1S/C31H32N2O6P2/c1-38-25-13-9-21(10-14-25)19-32-29(23-5-3-7-27(40)17-23)30(24-6-4-8-28(18-24)41(35,36)37)33(31(32)34)20-22-11-15-26(39-2)16-12-22/h3-18,29-30H,19-20,40H2,1-2H3,(H2,35,36,37). The number of methoxy groups -OCH3 is 2. The van der Waals surface area contributed by atoms with Gasteiger partial charge in [-0.3, -0.25) is 4.57 Å². The highest BCUT2D eigenvalue weighted by molar-refractivity contribution is 7.60. The Labute approximate surface area is 241 Å². The first-order valence-electron chi connectivity index (χ1n) is 13.0. The molecule has 212 valence electrons. The molecular formula is C31H32N2O6P2. The van der Waals surface area contributed by atoms with Crippen molar-refractivity contribution in [2.75, 3.05) is 14.2 Å². The van der Waals surface area contributed by atoms with Gasteiger partial charge in [0.2, 0.25) is 0 Å². The third kappa shape index (κ3) is 6.32. The summed E-state index contributed by atoms with van der Waals surface area (Å²) >= 11 is 0. The van der Waals surface area contributed by atoms with Crippen molar-refractivity contribution in [2.24, 2.45) is 0 Å². The predicted octanol–water partition coefficient (Wildman–Crippen LogP) is 4.93. The summed E-state index contributed by atoms with van der Waals surface area (Å²) in [6.45, 7) is 0.631. The first-order valence-corrected chi connectivity index (χ1v) is 15.2. The predicted molar refractivity (Wildman–Crippen MR) is 162 cm³/mol. The van der Waals surface area contributed by atoms with Gasteiger partial charge in [0.1, 0.15) is 11.5 Å². The molecule has 0 radical (unpaired) electrons. The van der Waals surface area contributed by atoms with Gasteiger partial charge >= 0.3 is 13.6 Å². The van der Waals surface area contributed by atoms with Gasteiger partial charge in [-0.05, 0) is 70.0 Å². The van der Waals surface area contributed by atoms with Crippen molar-refractivity contribution >= 4 is 33.5 Å². The van der Waals surface area contributed by atoms with Crippen molar-refractivity contribution in [2.45, 2.75) is 25.2 Å². The van der Waals surface area contributed by atoms with E-state index in [-0.39, 0.29) is 11.3 Å². The van der Waals surface area contributed by atoms with Crippen LogP contribution in [0.2, 0.25) is 0 Å². The van der Waals surface area contributed by atoms with Crippen LogP contribution in [0.15, 0.2) is 97.1 Å². The van der Waals surface area contributed by atoms with Crippen molar-refractivity contribution in [3.05, 3.63) is 119 Å². The Morgan fingerprint density at radius 2 is 1.20 bits per heavy atom. The molecule has 2 N–H and O–H groups in total. The molecule has 0 aromatic heterocycles. The summed E-state index contributed by atoms with van der Waals surface area (Å²) in [6, 6.07) is 28.3. The molecule has 1 heterocycles. The number of benzene rings is 4. The highest BCUT2D eigenvalue weighted by atomic mass is 31.2. The average molecular weight is 591 g/mol. The van der Waals surface area contributed by atoms with E-state index in [1.54, 1.807) is 25.2 Å². The highest BCUT2D eigenvalue weighted by Crippen LogP contribution is 2.47. The molecule has 2 amide bonds. The maximum Gasteiger partial charge on any atom is 0.356 e. The third-order valence-electron chi connectivity index (χ3n) is 7.29. The summed E-state index contributed by atoms with van der Waals surface area (Å²) < 4.78 is 22.9. The molecule has 10 heteroatoms. The quantitative estimate of drug-likeness (QED) is 0.269. The monoisotopic (exact) mass is 590 g/mol. The second-order valence-electron chi connectivity index (χ2n) is 9.93. The van der Waals surface area contributed by atoms with Gasteiger partial charge in [-0.1, -0.05) is 54.6 Å². The fourth-order valence-corrected chi connectivity index (χ4v) is 6.19. The lowest BCUT2D eigenvalue weighted by Gasteiger charge is -2.29. The van der Waals surface area contributed by atoms with Gasteiger partial charge in [0.05, 0.1) is 31.6 Å². The minimum Gasteiger partial charge on any atom is -0.497 e. The maximum absolute atomic E-state index is 14.3. The average Bonchev–Trinajstić information content (AvgIpc) is 3.24. The molecule has 0 saturated carbocycles. The second kappa shape index (κ2) is 12.1. The first-order chi connectivity index (χ1) is 19.7. The number of amides is 2. The molecule has 1 saturated heterocycles. The second-order valence-corrected chi connectivity index (χ2v) is 12.2. The van der Waals surface area contributed by atoms with Crippen LogP contribution < -0.4 is 20.1 Å². The molecule has 3 unspecified atom stereocenters. The molecule has 0 spiro atoms. The third-order valence-corrected chi connectivity index (χ3v) is 8.60. The molecular weight excluding hydrogens is 558 g/mol. The van der Waals surface area contributed by atoms with Gasteiger partial charge in [0.25, 0.3) is 0 Å². The van der Waals surface area contributed by atoms with Crippen LogP contribution in [-0.4, -0.2) is 39.8 Å². The van der Waals surface area contributed by atoms with Gasteiger partial charge in [-0.2, -0.15) is 0 Å². The minimum atomic E-state index is -4.52. The SMILES string of the molecule is COc1ccc(CN2C(=O)N(Cc3ccc(OC)cc3)C(c3cccc(P(=O)(O)O)c3)C2c2cccc(P)c2)cc1. The van der Waals surface area contributed by atoms with Crippen LogP contribution in [0.25, 0.3) is 0 Å². The smallest absolute Gasteiger partial charge is 0.356 e. The maximum atomic E-state index is 14.3. The summed E-state index contributed by atoms with van der Waals surface area (Å²) in [7, 11) is 1.40. The van der Waals surface area contributed by atoms with Crippen molar-refractivity contribution < 1.29 is 28.6 Å². The Hall–Kier alpha value is -3.67. The zero-order valence-electron chi connectivity index (χ0n) is 22.8. The van der Waals surface area contributed by atoms with Crippen LogP contribution in [0.5, 0.6) is 11.5 Å². The number of hydrogen-bond donors (Lipinski definition) is 2. The molecule has 1 aliphatic rings. The van der Waals surface area contributed by atoms with Crippen LogP contribution in [-0.2, 0) is 17.7 Å². The fraction of sp³-hybridized carbons (Fsp3) is 0.194. The molecule has 4 aromatic carbocycles. The van der Waals surface area contributed by atoms with Gasteiger partial charge in [-0.15, -0.1) is 9.24 Å². The number of urea groups is 1. The van der Waals surface area contributed by atoms with E-state index in [1.165, 1.54) is 12.1 Å². The zero-order valence-corrected chi connectivity index (χ0v) is 24.8. The number of hydrogen-bond acceptors (Lipinski definition) is 4. The molecule has 41 heavy (non-hydrogen) atoms. The van der Waals surface area contributed by atoms with E-state index in [9.17, 15) is 19.1 Å². The van der Waals surface area contributed by atoms with Crippen LogP contribution >= 0.6 is 16.8 Å². The lowest BCUT2D eigenvalue weighted by Crippen LogP contribution is -2.32. The molecule has 4 aromatic rings. The van der Waals surface area contributed by atoms with E-state index in [0.29, 0.717) is 24.4 Å². The van der Waals surface area contributed by atoms with E-state index in [4.69, 9.17) is 9.47 Å². The largest absolute Gasteiger partial charge is 0.497 e. The Kier molecular flexibility index (Phi) is 8.48. The lowest BCUT2D eigenvalue weighted by molar-refractivity contribution is 0.181. The molecule has 8 nitrogen and oxygen atoms in total. The van der Waals surface area contributed by atoms with Crippen LogP contribution in [0.4, 0.5) is 4.79 Å². The molecule has 1 fully saturated rings. The number of rotatable bonds is 9. The van der Waals surface area contributed by atoms with Crippen molar-refractivity contribution in [3.8, 4) is 11.5 Å². The number of carbonyl (C=O) groups excluding carboxylic acids is 1. The first kappa shape index (κ1) is 28.8. The van der Waals surface area contributed by atoms with Crippen molar-refractivity contribution in [1.82, 2.24) is 9.80 Å². The van der Waals surface area contributed by atoms with E-state index in [1.807, 2.05) is 83.8 Å². The molecule has 5 rings (SSSR count). The molecule has 1 aliphatic heterocycles. The highest BCUT2D eigenvalue weighted by Gasteiger charge is 2.47. The Bertz CT molecular complexity index is 1570. The van der Waals surface area contributed by atoms with E-state index in [2.05, 4.69) is 9.24 Å². The van der Waals surface area contributed by atoms with E-state index in [0.717, 1.165) is 27.7 Å². The van der Waals surface area contributed by atoms with Crippen LogP contribution in [0, 0.1) is 0 Å². The van der Waals surface area contributed by atoms with E-state index < -0.39 is 19.7 Å². The van der Waals surface area contributed by atoms with Gasteiger partial charge in [-0.25, -0.2) is 4.79 Å². The lowest BCUT2D eigenvalue weighted by atomic mass is 9.92. The number of ether oxygens (including phenoxy) is 2. The van der Waals surface area contributed by atoms with Gasteiger partial charge < -0.3 is 29.1 Å². The van der Waals surface area contributed by atoms with Gasteiger partial charge in [0, 0.05) is 13.1 Å². The van der Waals surface area contributed by atoms with Crippen molar-refractivity contribution in [1.29, 1.82) is 0 Å². The molecule has 3 atom stereocenters. The summed E-state index contributed by atoms with van der Waals surface area (Å²) in [5.41, 5.74) is 3.40. The Morgan fingerprint density at radius 1 is 0.732 bits per heavy atom.